The fourth-order valence-corrected chi connectivity index (χ4v) is 4.36. The third-order valence-electron chi connectivity index (χ3n) is 4.36. The van der Waals surface area contributed by atoms with E-state index >= 15 is 0 Å². The van der Waals surface area contributed by atoms with Crippen LogP contribution >= 0.6 is 0 Å². The zero-order valence-electron chi connectivity index (χ0n) is 13.5. The van der Waals surface area contributed by atoms with E-state index in [0.29, 0.717) is 12.3 Å². The second-order valence-electron chi connectivity index (χ2n) is 6.23. The second kappa shape index (κ2) is 8.28. The number of hydrogen-bond acceptors (Lipinski definition) is 4. The number of nitrogens with one attached hydrogen (secondary N) is 1. The topological polar surface area (TPSA) is 101 Å². The molecule has 0 aliphatic heterocycles. The van der Waals surface area contributed by atoms with Gasteiger partial charge in [-0.1, -0.05) is 31.0 Å². The minimum Gasteiger partial charge on any atom is -0.480 e. The lowest BCUT2D eigenvalue weighted by atomic mass is 10.0. The van der Waals surface area contributed by atoms with E-state index in [4.69, 9.17) is 0 Å². The highest BCUT2D eigenvalue weighted by Crippen LogP contribution is 2.27. The Balaban J connectivity index is 1.91. The van der Waals surface area contributed by atoms with Crippen molar-refractivity contribution in [3.8, 4) is 0 Å². The normalized spacial score (nSPS) is 16.7. The standard InChI is InChI=1S/C17H23NO5S/c19-16(12-13-6-4-5-7-13)18-15(17(20)21)10-11-24(22,23)14-8-2-1-3-9-14/h1-3,8-9,13,15H,4-7,10-12H2,(H,18,19)(H,20,21)/t15-/m1/s1. The van der Waals surface area contributed by atoms with Gasteiger partial charge in [-0.3, -0.25) is 4.79 Å². The van der Waals surface area contributed by atoms with Gasteiger partial charge in [0.05, 0.1) is 10.6 Å². The van der Waals surface area contributed by atoms with Crippen molar-refractivity contribution in [2.45, 2.75) is 49.5 Å². The minimum absolute atomic E-state index is 0.150. The molecule has 1 aromatic rings. The van der Waals surface area contributed by atoms with Crippen LogP contribution in [0.5, 0.6) is 0 Å². The van der Waals surface area contributed by atoms with Crippen LogP contribution in [-0.4, -0.2) is 37.2 Å². The van der Waals surface area contributed by atoms with Gasteiger partial charge in [-0.25, -0.2) is 13.2 Å². The predicted octanol–water partition coefficient (Wildman–Crippen LogP) is 2.00. The first-order valence-corrected chi connectivity index (χ1v) is 9.83. The van der Waals surface area contributed by atoms with Gasteiger partial charge in [0.1, 0.15) is 6.04 Å². The average molecular weight is 353 g/mol. The molecule has 1 atom stereocenters. The lowest BCUT2D eigenvalue weighted by molar-refractivity contribution is -0.142. The number of carbonyl (C=O) groups is 2. The lowest BCUT2D eigenvalue weighted by Crippen LogP contribution is -2.42. The molecule has 1 aromatic carbocycles. The van der Waals surface area contributed by atoms with E-state index in [1.807, 2.05) is 0 Å². The van der Waals surface area contributed by atoms with E-state index < -0.39 is 21.8 Å². The van der Waals surface area contributed by atoms with Gasteiger partial charge in [0.15, 0.2) is 9.84 Å². The maximum atomic E-state index is 12.2. The summed E-state index contributed by atoms with van der Waals surface area (Å²) in [5.74, 6) is -1.53. The summed E-state index contributed by atoms with van der Waals surface area (Å²) in [4.78, 5) is 23.5. The highest BCUT2D eigenvalue weighted by Gasteiger charge is 2.25. The third kappa shape index (κ3) is 5.33. The van der Waals surface area contributed by atoms with E-state index in [2.05, 4.69) is 5.32 Å². The summed E-state index contributed by atoms with van der Waals surface area (Å²) >= 11 is 0. The number of amides is 1. The summed E-state index contributed by atoms with van der Waals surface area (Å²) in [7, 11) is -3.56. The summed E-state index contributed by atoms with van der Waals surface area (Å²) in [6.07, 6.45) is 4.37. The minimum atomic E-state index is -3.56. The zero-order chi connectivity index (χ0) is 17.6. The quantitative estimate of drug-likeness (QED) is 0.744. The average Bonchev–Trinajstić information content (AvgIpc) is 3.05. The number of benzene rings is 1. The van der Waals surface area contributed by atoms with Gasteiger partial charge in [0.25, 0.3) is 0 Å². The largest absolute Gasteiger partial charge is 0.480 e. The van der Waals surface area contributed by atoms with Crippen LogP contribution in [0.15, 0.2) is 35.2 Å². The van der Waals surface area contributed by atoms with Gasteiger partial charge in [0.2, 0.25) is 5.91 Å². The molecule has 132 valence electrons. The molecule has 0 aromatic heterocycles. The van der Waals surface area contributed by atoms with Crippen LogP contribution in [0.4, 0.5) is 0 Å². The van der Waals surface area contributed by atoms with E-state index in [1.54, 1.807) is 18.2 Å². The summed E-state index contributed by atoms with van der Waals surface area (Å²) in [6, 6.07) is 6.71. The Kier molecular flexibility index (Phi) is 6.36. The van der Waals surface area contributed by atoms with Crippen molar-refractivity contribution < 1.29 is 23.1 Å². The molecule has 1 saturated carbocycles. The zero-order valence-corrected chi connectivity index (χ0v) is 14.3. The monoisotopic (exact) mass is 353 g/mol. The van der Waals surface area contributed by atoms with Crippen LogP contribution in [0.2, 0.25) is 0 Å². The summed E-state index contributed by atoms with van der Waals surface area (Å²) in [6.45, 7) is 0. The molecule has 0 bridgehead atoms. The number of aliphatic carboxylic acids is 1. The van der Waals surface area contributed by atoms with Gasteiger partial charge >= 0.3 is 5.97 Å². The number of carbonyl (C=O) groups excluding carboxylic acids is 1. The molecule has 6 nitrogen and oxygen atoms in total. The first kappa shape index (κ1) is 18.4. The summed E-state index contributed by atoms with van der Waals surface area (Å²) < 4.78 is 24.4. The molecule has 1 amide bonds. The molecule has 7 heteroatoms. The van der Waals surface area contributed by atoms with Crippen molar-refractivity contribution in [2.24, 2.45) is 5.92 Å². The molecular formula is C17H23NO5S. The Bertz CT molecular complexity index is 665. The van der Waals surface area contributed by atoms with Crippen molar-refractivity contribution in [3.05, 3.63) is 30.3 Å². The van der Waals surface area contributed by atoms with Crippen LogP contribution in [0.25, 0.3) is 0 Å². The Morgan fingerprint density at radius 2 is 1.79 bits per heavy atom. The van der Waals surface area contributed by atoms with E-state index in [-0.39, 0.29) is 23.0 Å². The second-order valence-corrected chi connectivity index (χ2v) is 8.34. The van der Waals surface area contributed by atoms with E-state index in [1.165, 1.54) is 12.1 Å². The molecular weight excluding hydrogens is 330 g/mol. The molecule has 0 saturated heterocycles. The van der Waals surface area contributed by atoms with Crippen LogP contribution < -0.4 is 5.32 Å². The molecule has 0 radical (unpaired) electrons. The maximum absolute atomic E-state index is 12.2. The number of hydrogen-bond donors (Lipinski definition) is 2. The Morgan fingerprint density at radius 3 is 2.38 bits per heavy atom. The van der Waals surface area contributed by atoms with Crippen molar-refractivity contribution in [1.82, 2.24) is 5.32 Å². The molecule has 2 N–H and O–H groups in total. The van der Waals surface area contributed by atoms with E-state index in [0.717, 1.165) is 25.7 Å². The first-order valence-electron chi connectivity index (χ1n) is 8.18. The number of carboxylic acid groups (broad SMARTS) is 1. The van der Waals surface area contributed by atoms with Crippen LogP contribution in [0.1, 0.15) is 38.5 Å². The Morgan fingerprint density at radius 1 is 1.17 bits per heavy atom. The third-order valence-corrected chi connectivity index (χ3v) is 6.12. The maximum Gasteiger partial charge on any atom is 0.326 e. The fraction of sp³-hybridized carbons (Fsp3) is 0.529. The highest BCUT2D eigenvalue weighted by atomic mass is 32.2. The van der Waals surface area contributed by atoms with Gasteiger partial charge in [0, 0.05) is 6.42 Å². The molecule has 24 heavy (non-hydrogen) atoms. The molecule has 0 unspecified atom stereocenters. The smallest absolute Gasteiger partial charge is 0.326 e. The predicted molar refractivity (Wildman–Crippen MR) is 89.3 cm³/mol. The Hall–Kier alpha value is -1.89. The first-order chi connectivity index (χ1) is 11.4. The van der Waals surface area contributed by atoms with Crippen LogP contribution in [0, 0.1) is 5.92 Å². The summed E-state index contributed by atoms with van der Waals surface area (Å²) in [5, 5.41) is 11.7. The SMILES string of the molecule is O=C(CC1CCCC1)N[C@H](CCS(=O)(=O)c1ccccc1)C(=O)O. The van der Waals surface area contributed by atoms with Gasteiger partial charge in [-0.2, -0.15) is 0 Å². The summed E-state index contributed by atoms with van der Waals surface area (Å²) in [5.41, 5.74) is 0. The molecule has 2 rings (SSSR count). The van der Waals surface area contributed by atoms with Crippen molar-refractivity contribution >= 4 is 21.7 Å². The van der Waals surface area contributed by atoms with Gasteiger partial charge in [-0.05, 0) is 37.3 Å². The number of rotatable bonds is 8. The number of sulfone groups is 1. The fourth-order valence-electron chi connectivity index (χ4n) is 3.01. The molecule has 1 aliphatic carbocycles. The highest BCUT2D eigenvalue weighted by molar-refractivity contribution is 7.91. The van der Waals surface area contributed by atoms with Crippen LogP contribution in [-0.2, 0) is 19.4 Å². The van der Waals surface area contributed by atoms with E-state index in [9.17, 15) is 23.1 Å². The van der Waals surface area contributed by atoms with Crippen molar-refractivity contribution in [2.75, 3.05) is 5.75 Å². The Labute approximate surface area is 142 Å². The van der Waals surface area contributed by atoms with Crippen LogP contribution in [0.3, 0.4) is 0 Å². The molecule has 0 heterocycles. The number of carboxylic acids is 1. The van der Waals surface area contributed by atoms with Gasteiger partial charge < -0.3 is 10.4 Å². The molecule has 0 spiro atoms. The lowest BCUT2D eigenvalue weighted by Gasteiger charge is -2.16. The van der Waals surface area contributed by atoms with Gasteiger partial charge in [-0.15, -0.1) is 0 Å². The van der Waals surface area contributed by atoms with Crippen molar-refractivity contribution in [1.29, 1.82) is 0 Å². The van der Waals surface area contributed by atoms with Crippen molar-refractivity contribution in [3.63, 3.8) is 0 Å². The molecule has 1 fully saturated rings. The molecule has 1 aliphatic rings.